The largest absolute Gasteiger partial charge is 0.298 e. The Bertz CT molecular complexity index is 893. The predicted molar refractivity (Wildman–Crippen MR) is 98.1 cm³/mol. The van der Waals surface area contributed by atoms with Crippen LogP contribution in [0.3, 0.4) is 0 Å². The van der Waals surface area contributed by atoms with Gasteiger partial charge in [0.05, 0.1) is 11.9 Å². The van der Waals surface area contributed by atoms with Gasteiger partial charge in [0, 0.05) is 24.5 Å². The number of hydrogen-bond donors (Lipinski definition) is 1. The molecule has 7 heteroatoms. The first-order chi connectivity index (χ1) is 12.1. The Morgan fingerprint density at radius 2 is 2.12 bits per heavy atom. The maximum atomic E-state index is 12.5. The van der Waals surface area contributed by atoms with Gasteiger partial charge in [0.2, 0.25) is 0 Å². The highest BCUT2D eigenvalue weighted by atomic mass is 32.1. The van der Waals surface area contributed by atoms with Gasteiger partial charge in [-0.1, -0.05) is 24.3 Å². The van der Waals surface area contributed by atoms with Gasteiger partial charge in [-0.2, -0.15) is 0 Å². The molecule has 0 saturated carbocycles. The third-order valence-electron chi connectivity index (χ3n) is 3.55. The number of thiocarbonyl (C=S) groups is 1. The minimum absolute atomic E-state index is 0.0201. The lowest BCUT2D eigenvalue weighted by Gasteiger charge is -2.27. The lowest BCUT2D eigenvalue weighted by molar-refractivity contribution is -0.128. The molecule has 1 N–H and O–H groups in total. The lowest BCUT2D eigenvalue weighted by Crippen LogP contribution is -2.53. The van der Waals surface area contributed by atoms with Crippen LogP contribution in [0.25, 0.3) is 17.3 Å². The first kappa shape index (κ1) is 16.7. The van der Waals surface area contributed by atoms with E-state index < -0.39 is 11.8 Å². The van der Waals surface area contributed by atoms with Gasteiger partial charge in [-0.05, 0) is 29.9 Å². The van der Waals surface area contributed by atoms with Gasteiger partial charge in [-0.15, -0.1) is 6.58 Å². The molecule has 1 aliphatic heterocycles. The molecule has 1 saturated heterocycles. The van der Waals surface area contributed by atoms with E-state index in [0.29, 0.717) is 11.3 Å². The van der Waals surface area contributed by atoms with E-state index in [1.54, 1.807) is 30.7 Å². The van der Waals surface area contributed by atoms with Crippen LogP contribution in [0.15, 0.2) is 61.1 Å². The normalized spacial score (nSPS) is 16.1. The van der Waals surface area contributed by atoms with Crippen LogP contribution in [0, 0.1) is 0 Å². The maximum Gasteiger partial charge on any atom is 0.265 e. The van der Waals surface area contributed by atoms with Crippen LogP contribution in [0.4, 0.5) is 0 Å². The first-order valence-corrected chi connectivity index (χ1v) is 7.87. The number of nitrogens with zero attached hydrogens (tertiary/aromatic N) is 3. The molecule has 0 atom stereocenters. The second-order valence-corrected chi connectivity index (χ2v) is 5.62. The van der Waals surface area contributed by atoms with Crippen molar-refractivity contribution in [3.05, 3.63) is 66.6 Å². The smallest absolute Gasteiger partial charge is 0.265 e. The lowest BCUT2D eigenvalue weighted by atomic mass is 10.0. The molecule has 0 spiro atoms. The summed E-state index contributed by atoms with van der Waals surface area (Å²) in [7, 11) is 0. The Morgan fingerprint density at radius 3 is 2.84 bits per heavy atom. The molecule has 2 aromatic rings. The van der Waals surface area contributed by atoms with Crippen LogP contribution in [0.2, 0.25) is 0 Å². The standard InChI is InChI=1S/C18H14N4O2S/c1-2-8-22-17(24)14(16(23)21-18(22)25)10-12-4-3-5-13(9-12)15-11-19-6-7-20-15/h2-7,9-11H,1,8H2,(H,21,23,25). The quantitative estimate of drug-likeness (QED) is 0.395. The summed E-state index contributed by atoms with van der Waals surface area (Å²) < 4.78 is 0. The molecule has 1 aliphatic rings. The number of amides is 2. The number of hydrogen-bond acceptors (Lipinski definition) is 5. The van der Waals surface area contributed by atoms with Crippen molar-refractivity contribution in [3.8, 4) is 11.3 Å². The van der Waals surface area contributed by atoms with E-state index in [4.69, 9.17) is 12.2 Å². The van der Waals surface area contributed by atoms with Crippen LogP contribution in [0.5, 0.6) is 0 Å². The topological polar surface area (TPSA) is 75.2 Å². The molecule has 25 heavy (non-hydrogen) atoms. The van der Waals surface area contributed by atoms with Crippen LogP contribution < -0.4 is 5.32 Å². The van der Waals surface area contributed by atoms with Crippen molar-refractivity contribution in [3.63, 3.8) is 0 Å². The molecular weight excluding hydrogens is 336 g/mol. The molecule has 0 bridgehead atoms. The van der Waals surface area contributed by atoms with Gasteiger partial charge in [0.15, 0.2) is 5.11 Å². The predicted octanol–water partition coefficient (Wildman–Crippen LogP) is 1.96. The highest BCUT2D eigenvalue weighted by Gasteiger charge is 2.32. The van der Waals surface area contributed by atoms with E-state index in [0.717, 1.165) is 5.56 Å². The molecule has 3 rings (SSSR count). The molecular formula is C18H14N4O2S. The molecule has 0 unspecified atom stereocenters. The summed E-state index contributed by atoms with van der Waals surface area (Å²) >= 11 is 5.03. The van der Waals surface area contributed by atoms with Gasteiger partial charge in [0.1, 0.15) is 5.57 Å². The molecule has 1 fully saturated rings. The molecule has 2 heterocycles. The molecule has 6 nitrogen and oxygen atoms in total. The molecule has 2 amide bonds. The zero-order valence-corrected chi connectivity index (χ0v) is 14.0. The van der Waals surface area contributed by atoms with Crippen LogP contribution in [0.1, 0.15) is 5.56 Å². The Kier molecular flexibility index (Phi) is 4.76. The number of benzene rings is 1. The number of rotatable bonds is 4. The Hall–Kier alpha value is -3.19. The second kappa shape index (κ2) is 7.14. The van der Waals surface area contributed by atoms with Gasteiger partial charge in [-0.3, -0.25) is 29.8 Å². The van der Waals surface area contributed by atoms with E-state index in [1.807, 2.05) is 18.2 Å². The van der Waals surface area contributed by atoms with E-state index in [-0.39, 0.29) is 17.2 Å². The molecule has 1 aromatic heterocycles. The van der Waals surface area contributed by atoms with Crippen molar-refractivity contribution in [2.24, 2.45) is 0 Å². The number of aromatic nitrogens is 2. The van der Waals surface area contributed by atoms with E-state index in [9.17, 15) is 9.59 Å². The summed E-state index contributed by atoms with van der Waals surface area (Å²) in [6, 6.07) is 7.35. The molecule has 0 aliphatic carbocycles. The van der Waals surface area contributed by atoms with Crippen molar-refractivity contribution in [2.45, 2.75) is 0 Å². The Morgan fingerprint density at radius 1 is 1.28 bits per heavy atom. The summed E-state index contributed by atoms with van der Waals surface area (Å²) in [6.45, 7) is 3.83. The van der Waals surface area contributed by atoms with Crippen LogP contribution in [-0.2, 0) is 9.59 Å². The summed E-state index contributed by atoms with van der Waals surface area (Å²) in [5.41, 5.74) is 2.26. The SMILES string of the molecule is C=CCN1C(=O)C(=Cc2cccc(-c3cnccn3)c2)C(=O)NC1=S. The highest BCUT2D eigenvalue weighted by molar-refractivity contribution is 7.80. The number of carbonyl (C=O) groups is 2. The van der Waals surface area contributed by atoms with Gasteiger partial charge in [-0.25, -0.2) is 0 Å². The summed E-state index contributed by atoms with van der Waals surface area (Å²) in [5, 5.41) is 2.60. The van der Waals surface area contributed by atoms with Gasteiger partial charge >= 0.3 is 0 Å². The average molecular weight is 350 g/mol. The van der Waals surface area contributed by atoms with Crippen molar-refractivity contribution in [1.82, 2.24) is 20.2 Å². The van der Waals surface area contributed by atoms with Crippen molar-refractivity contribution in [1.29, 1.82) is 0 Å². The van der Waals surface area contributed by atoms with Gasteiger partial charge < -0.3 is 0 Å². The first-order valence-electron chi connectivity index (χ1n) is 7.46. The molecule has 124 valence electrons. The van der Waals surface area contributed by atoms with Crippen molar-refractivity contribution >= 4 is 35.2 Å². The monoisotopic (exact) mass is 350 g/mol. The van der Waals surface area contributed by atoms with Crippen molar-refractivity contribution < 1.29 is 9.59 Å². The Balaban J connectivity index is 1.96. The minimum Gasteiger partial charge on any atom is -0.298 e. The van der Waals surface area contributed by atoms with Crippen LogP contribution >= 0.6 is 12.2 Å². The third kappa shape index (κ3) is 3.51. The fourth-order valence-corrected chi connectivity index (χ4v) is 2.64. The third-order valence-corrected chi connectivity index (χ3v) is 3.88. The van der Waals surface area contributed by atoms with Crippen LogP contribution in [-0.4, -0.2) is 38.3 Å². The van der Waals surface area contributed by atoms with E-state index in [1.165, 1.54) is 11.0 Å². The second-order valence-electron chi connectivity index (χ2n) is 5.24. The minimum atomic E-state index is -0.514. The summed E-state index contributed by atoms with van der Waals surface area (Å²) in [6.07, 6.45) is 7.93. The molecule has 1 aromatic carbocycles. The fraction of sp³-hybridized carbons (Fsp3) is 0.0556. The average Bonchev–Trinajstić information content (AvgIpc) is 2.63. The number of nitrogens with one attached hydrogen (secondary N) is 1. The van der Waals surface area contributed by atoms with Gasteiger partial charge in [0.25, 0.3) is 11.8 Å². The maximum absolute atomic E-state index is 12.5. The fourth-order valence-electron chi connectivity index (χ4n) is 2.39. The zero-order valence-electron chi connectivity index (χ0n) is 13.2. The summed E-state index contributed by atoms with van der Waals surface area (Å²) in [5.74, 6) is -0.959. The van der Waals surface area contributed by atoms with Crippen molar-refractivity contribution in [2.75, 3.05) is 6.54 Å². The highest BCUT2D eigenvalue weighted by Crippen LogP contribution is 2.20. The Labute approximate surface area is 149 Å². The number of carbonyl (C=O) groups excluding carboxylic acids is 2. The molecule has 0 radical (unpaired) electrons. The summed E-state index contributed by atoms with van der Waals surface area (Å²) in [4.78, 5) is 34.3. The van der Waals surface area contributed by atoms with E-state index in [2.05, 4.69) is 21.9 Å². The van der Waals surface area contributed by atoms with E-state index >= 15 is 0 Å². The zero-order chi connectivity index (χ0) is 17.8.